The average Bonchev–Trinajstić information content (AvgIpc) is 2.66. The van der Waals surface area contributed by atoms with Gasteiger partial charge in [-0.05, 0) is 41.5 Å². The minimum atomic E-state index is -0.487. The molecule has 0 bridgehead atoms. The molecule has 0 radical (unpaired) electrons. The van der Waals surface area contributed by atoms with Crippen LogP contribution in [0.4, 0.5) is 0 Å². The summed E-state index contributed by atoms with van der Waals surface area (Å²) in [4.78, 5) is 23.4. The molecule has 0 fully saturated rings. The molecule has 2 N–H and O–H groups in total. The Balaban J connectivity index is 2.15. The lowest BCUT2D eigenvalue weighted by molar-refractivity contribution is -0.111. The number of phenols is 2. The van der Waals surface area contributed by atoms with E-state index in [9.17, 15) is 19.8 Å². The standard InChI is InChI=1S/C20H18O6/c1-25-19-10-13(4-7-17(19)23)3-6-16(22)15(12-21)9-14-5-8-18(24)20(11-14)26-2/h3-8,10-11,23-24H,9H2,1-2H3/b6-3+. The number of methoxy groups -OCH3 is 2. The van der Waals surface area contributed by atoms with Gasteiger partial charge in [-0.2, -0.15) is 0 Å². The van der Waals surface area contributed by atoms with Crippen molar-refractivity contribution in [3.63, 3.8) is 0 Å². The monoisotopic (exact) mass is 354 g/mol. The number of rotatable bonds is 7. The van der Waals surface area contributed by atoms with Crippen LogP contribution < -0.4 is 9.47 Å². The second-order valence-electron chi connectivity index (χ2n) is 5.39. The number of aromatic hydroxyl groups is 2. The zero-order valence-electron chi connectivity index (χ0n) is 14.4. The van der Waals surface area contributed by atoms with Crippen molar-refractivity contribution in [1.29, 1.82) is 0 Å². The van der Waals surface area contributed by atoms with E-state index in [0.29, 0.717) is 11.1 Å². The van der Waals surface area contributed by atoms with Crippen LogP contribution in [0.5, 0.6) is 23.0 Å². The van der Waals surface area contributed by atoms with E-state index in [1.807, 2.05) is 0 Å². The van der Waals surface area contributed by atoms with Gasteiger partial charge in [0.15, 0.2) is 28.8 Å². The maximum atomic E-state index is 12.2. The lowest BCUT2D eigenvalue weighted by Crippen LogP contribution is -2.03. The van der Waals surface area contributed by atoms with Gasteiger partial charge in [-0.25, -0.2) is 4.79 Å². The van der Waals surface area contributed by atoms with E-state index in [1.165, 1.54) is 38.5 Å². The second-order valence-corrected chi connectivity index (χ2v) is 5.39. The van der Waals surface area contributed by atoms with Gasteiger partial charge in [0, 0.05) is 6.42 Å². The highest BCUT2D eigenvalue weighted by Crippen LogP contribution is 2.28. The molecule has 0 aliphatic rings. The van der Waals surface area contributed by atoms with E-state index in [1.54, 1.807) is 30.2 Å². The van der Waals surface area contributed by atoms with Crippen molar-refractivity contribution in [2.24, 2.45) is 0 Å². The zero-order chi connectivity index (χ0) is 19.1. The Labute approximate surface area is 150 Å². The number of allylic oxidation sites excluding steroid dienone is 2. The summed E-state index contributed by atoms with van der Waals surface area (Å²) in [7, 11) is 2.84. The lowest BCUT2D eigenvalue weighted by atomic mass is 10.0. The summed E-state index contributed by atoms with van der Waals surface area (Å²) in [5, 5.41) is 19.2. The third kappa shape index (κ3) is 4.53. The Morgan fingerprint density at radius 3 is 2.27 bits per heavy atom. The largest absolute Gasteiger partial charge is 0.504 e. The molecule has 134 valence electrons. The van der Waals surface area contributed by atoms with Crippen molar-refractivity contribution in [2.45, 2.75) is 6.42 Å². The Bertz CT molecular complexity index is 891. The minimum absolute atomic E-state index is 0.00858. The van der Waals surface area contributed by atoms with E-state index < -0.39 is 5.78 Å². The molecule has 0 saturated carbocycles. The van der Waals surface area contributed by atoms with Crippen molar-refractivity contribution < 1.29 is 29.3 Å². The van der Waals surface area contributed by atoms with Crippen LogP contribution in [0.2, 0.25) is 0 Å². The number of ketones is 1. The van der Waals surface area contributed by atoms with Crippen molar-refractivity contribution in [1.82, 2.24) is 0 Å². The van der Waals surface area contributed by atoms with E-state index in [-0.39, 0.29) is 35.0 Å². The van der Waals surface area contributed by atoms with Crippen LogP contribution in [0.25, 0.3) is 6.08 Å². The third-order valence-electron chi connectivity index (χ3n) is 3.68. The fraction of sp³-hybridized carbons (Fsp3) is 0.150. The van der Waals surface area contributed by atoms with Crippen LogP contribution >= 0.6 is 0 Å². The number of ether oxygens (including phenoxy) is 2. The number of hydrogen-bond acceptors (Lipinski definition) is 6. The molecular weight excluding hydrogens is 336 g/mol. The highest BCUT2D eigenvalue weighted by Gasteiger charge is 2.11. The smallest absolute Gasteiger partial charge is 0.193 e. The number of carbonyl (C=O) groups is 1. The fourth-order valence-electron chi connectivity index (χ4n) is 2.28. The van der Waals surface area contributed by atoms with E-state index in [2.05, 4.69) is 0 Å². The Morgan fingerprint density at radius 2 is 1.65 bits per heavy atom. The van der Waals surface area contributed by atoms with Gasteiger partial charge in [-0.1, -0.05) is 18.2 Å². The summed E-state index contributed by atoms with van der Waals surface area (Å²) in [6.45, 7) is 0. The van der Waals surface area contributed by atoms with Gasteiger partial charge < -0.3 is 19.7 Å². The van der Waals surface area contributed by atoms with Crippen molar-refractivity contribution in [3.05, 3.63) is 59.2 Å². The number of carbonyl (C=O) groups excluding carboxylic acids is 2. The predicted molar refractivity (Wildman–Crippen MR) is 96.3 cm³/mol. The molecule has 26 heavy (non-hydrogen) atoms. The van der Waals surface area contributed by atoms with Crippen LogP contribution in [0.15, 0.2) is 48.0 Å². The van der Waals surface area contributed by atoms with Gasteiger partial charge in [-0.15, -0.1) is 0 Å². The van der Waals surface area contributed by atoms with Crippen LogP contribution in [0.3, 0.4) is 0 Å². The first-order valence-corrected chi connectivity index (χ1v) is 7.67. The number of phenolic OH excluding ortho intramolecular Hbond substituents is 2. The molecule has 0 atom stereocenters. The summed E-state index contributed by atoms with van der Waals surface area (Å²) in [5.74, 6) is 1.68. The van der Waals surface area contributed by atoms with Gasteiger partial charge in [0.2, 0.25) is 0 Å². The minimum Gasteiger partial charge on any atom is -0.504 e. The van der Waals surface area contributed by atoms with Gasteiger partial charge in [0.1, 0.15) is 5.94 Å². The Hall–Kier alpha value is -3.50. The molecule has 0 amide bonds. The highest BCUT2D eigenvalue weighted by molar-refractivity contribution is 6.11. The van der Waals surface area contributed by atoms with Gasteiger partial charge in [0.05, 0.1) is 19.8 Å². The fourth-order valence-corrected chi connectivity index (χ4v) is 2.28. The first-order chi connectivity index (χ1) is 12.5. The summed E-state index contributed by atoms with van der Waals surface area (Å²) >= 11 is 0. The molecule has 2 rings (SSSR count). The quantitative estimate of drug-likeness (QED) is 0.587. The van der Waals surface area contributed by atoms with Crippen LogP contribution in [0.1, 0.15) is 11.1 Å². The molecular formula is C20H18O6. The normalized spacial score (nSPS) is 10.4. The lowest BCUT2D eigenvalue weighted by Gasteiger charge is -2.06. The Kier molecular flexibility index (Phi) is 6.20. The molecule has 2 aromatic carbocycles. The molecule has 6 nitrogen and oxygen atoms in total. The summed E-state index contributed by atoms with van der Waals surface area (Å²) in [6, 6.07) is 9.19. The van der Waals surface area contributed by atoms with Crippen LogP contribution in [-0.4, -0.2) is 36.2 Å². The molecule has 0 aliphatic carbocycles. The Morgan fingerprint density at radius 1 is 1.04 bits per heavy atom. The van der Waals surface area contributed by atoms with Gasteiger partial charge in [0.25, 0.3) is 0 Å². The highest BCUT2D eigenvalue weighted by atomic mass is 16.5. The van der Waals surface area contributed by atoms with E-state index >= 15 is 0 Å². The summed E-state index contributed by atoms with van der Waals surface area (Å²) in [5.41, 5.74) is 1.20. The number of benzene rings is 2. The maximum Gasteiger partial charge on any atom is 0.193 e. The molecule has 0 aliphatic heterocycles. The molecule has 6 heteroatoms. The van der Waals surface area contributed by atoms with Gasteiger partial charge in [-0.3, -0.25) is 4.79 Å². The van der Waals surface area contributed by atoms with Crippen molar-refractivity contribution >= 4 is 17.8 Å². The molecule has 0 heterocycles. The zero-order valence-corrected chi connectivity index (χ0v) is 14.4. The molecule has 0 aromatic heterocycles. The average molecular weight is 354 g/mol. The summed E-state index contributed by atoms with van der Waals surface area (Å²) in [6.07, 6.45) is 2.82. The molecule has 0 unspecified atom stereocenters. The first-order valence-electron chi connectivity index (χ1n) is 7.67. The molecule has 0 spiro atoms. The second kappa shape index (κ2) is 8.55. The van der Waals surface area contributed by atoms with Crippen molar-refractivity contribution in [2.75, 3.05) is 14.2 Å². The summed E-state index contributed by atoms with van der Waals surface area (Å²) < 4.78 is 10.0. The van der Waals surface area contributed by atoms with Crippen molar-refractivity contribution in [3.8, 4) is 23.0 Å². The van der Waals surface area contributed by atoms with E-state index in [0.717, 1.165) is 0 Å². The maximum absolute atomic E-state index is 12.2. The molecule has 0 saturated heterocycles. The number of hydrogen-bond donors (Lipinski definition) is 2. The van der Waals surface area contributed by atoms with Crippen LogP contribution in [-0.2, 0) is 16.0 Å². The predicted octanol–water partition coefficient (Wildman–Crippen LogP) is 2.70. The first kappa shape index (κ1) is 18.8. The third-order valence-corrected chi connectivity index (χ3v) is 3.68. The van der Waals surface area contributed by atoms with E-state index in [4.69, 9.17) is 9.47 Å². The topological polar surface area (TPSA) is 93.1 Å². The SMILES string of the molecule is COc1cc(/C=C/C(=O)C(=C=O)Cc2ccc(O)c(OC)c2)ccc1O. The van der Waals surface area contributed by atoms with Gasteiger partial charge >= 0.3 is 0 Å². The van der Waals surface area contributed by atoms with Crippen LogP contribution in [0, 0.1) is 0 Å². The molecule has 2 aromatic rings.